The van der Waals surface area contributed by atoms with Gasteiger partial charge in [-0.3, -0.25) is 4.79 Å². The molecule has 1 rings (SSSR count). The number of nitrogens with two attached hydrogens (primary N) is 1. The number of thioether (sulfide) groups is 1. The van der Waals surface area contributed by atoms with Crippen LogP contribution >= 0.6 is 24.2 Å². The summed E-state index contributed by atoms with van der Waals surface area (Å²) in [5, 5.41) is 3.05. The molecule has 0 aromatic heterocycles. The van der Waals surface area contributed by atoms with E-state index in [9.17, 15) is 4.79 Å². The van der Waals surface area contributed by atoms with Crippen molar-refractivity contribution in [2.24, 2.45) is 11.7 Å². The zero-order valence-electron chi connectivity index (χ0n) is 12.9. The van der Waals surface area contributed by atoms with E-state index in [-0.39, 0.29) is 30.4 Å². The Morgan fingerprint density at radius 1 is 1.30 bits per heavy atom. The van der Waals surface area contributed by atoms with E-state index in [1.54, 1.807) is 11.8 Å². The van der Waals surface area contributed by atoms with Crippen LogP contribution in [0.3, 0.4) is 0 Å². The normalized spacial score (nSPS) is 18.9. The number of hydrogen-bond acceptors (Lipinski definition) is 3. The second-order valence-electron chi connectivity index (χ2n) is 5.88. The molecule has 120 valence electrons. The number of rotatable bonds is 8. The van der Waals surface area contributed by atoms with Gasteiger partial charge in [0.25, 0.3) is 0 Å². The van der Waals surface area contributed by atoms with Crippen LogP contribution in [0.5, 0.6) is 0 Å². The van der Waals surface area contributed by atoms with Gasteiger partial charge in [-0.2, -0.15) is 11.8 Å². The van der Waals surface area contributed by atoms with Crippen LogP contribution in [0.2, 0.25) is 0 Å². The summed E-state index contributed by atoms with van der Waals surface area (Å²) in [7, 11) is 0. The first-order valence-corrected chi connectivity index (χ1v) is 9.07. The van der Waals surface area contributed by atoms with Gasteiger partial charge in [0.05, 0.1) is 6.04 Å². The number of carbonyl (C=O) groups is 1. The van der Waals surface area contributed by atoms with Gasteiger partial charge in [0.1, 0.15) is 0 Å². The van der Waals surface area contributed by atoms with Crippen molar-refractivity contribution in [2.45, 2.75) is 70.4 Å². The Morgan fingerprint density at radius 3 is 2.55 bits per heavy atom. The summed E-state index contributed by atoms with van der Waals surface area (Å²) in [6.45, 7) is 2.10. The van der Waals surface area contributed by atoms with Crippen molar-refractivity contribution in [1.82, 2.24) is 5.32 Å². The van der Waals surface area contributed by atoms with E-state index in [0.717, 1.165) is 24.5 Å². The standard InChI is InChI=1S/C15H30N2OS.ClH/c1-12(8-9-13-6-4-3-5-7-13)17-15(18)14(16)10-11-19-2;/h12-14H,3-11,16H2,1-2H3,(H,17,18);1H/t12?,14-;/m0./s1. The van der Waals surface area contributed by atoms with Crippen molar-refractivity contribution < 1.29 is 4.79 Å². The first-order valence-electron chi connectivity index (χ1n) is 7.68. The Hall–Kier alpha value is 0.0700. The molecule has 1 amide bonds. The number of halogens is 1. The summed E-state index contributed by atoms with van der Waals surface area (Å²) >= 11 is 1.74. The number of nitrogens with one attached hydrogen (secondary N) is 1. The summed E-state index contributed by atoms with van der Waals surface area (Å²) in [6.07, 6.45) is 12.1. The van der Waals surface area contributed by atoms with Crippen LogP contribution in [-0.2, 0) is 4.79 Å². The first-order chi connectivity index (χ1) is 9.13. The minimum absolute atomic E-state index is 0. The molecule has 1 aliphatic carbocycles. The van der Waals surface area contributed by atoms with Gasteiger partial charge in [0.2, 0.25) is 5.91 Å². The van der Waals surface area contributed by atoms with Gasteiger partial charge in [-0.15, -0.1) is 12.4 Å². The second kappa shape index (κ2) is 11.7. The highest BCUT2D eigenvalue weighted by Gasteiger charge is 2.17. The molecule has 0 aromatic carbocycles. The number of carbonyl (C=O) groups excluding carboxylic acids is 1. The molecular formula is C15H31ClN2OS. The lowest BCUT2D eigenvalue weighted by Gasteiger charge is -2.24. The maximum absolute atomic E-state index is 11.9. The van der Waals surface area contributed by atoms with Crippen molar-refractivity contribution in [3.8, 4) is 0 Å². The molecule has 2 atom stereocenters. The molecule has 1 aliphatic rings. The molecule has 0 radical (unpaired) electrons. The van der Waals surface area contributed by atoms with E-state index >= 15 is 0 Å². The lowest BCUT2D eigenvalue weighted by atomic mass is 9.85. The molecule has 3 N–H and O–H groups in total. The fourth-order valence-corrected chi connectivity index (χ4v) is 3.25. The van der Waals surface area contributed by atoms with Crippen LogP contribution in [0.25, 0.3) is 0 Å². The highest BCUT2D eigenvalue weighted by atomic mass is 35.5. The Bertz CT molecular complexity index is 260. The quantitative estimate of drug-likeness (QED) is 0.720. The van der Waals surface area contributed by atoms with Crippen molar-refractivity contribution >= 4 is 30.1 Å². The van der Waals surface area contributed by atoms with Gasteiger partial charge in [-0.1, -0.05) is 32.1 Å². The lowest BCUT2D eigenvalue weighted by Crippen LogP contribution is -2.44. The predicted octanol–water partition coefficient (Wildman–Crippen LogP) is 3.35. The molecule has 0 bridgehead atoms. The van der Waals surface area contributed by atoms with E-state index in [1.165, 1.54) is 38.5 Å². The van der Waals surface area contributed by atoms with E-state index in [4.69, 9.17) is 5.73 Å². The van der Waals surface area contributed by atoms with E-state index < -0.39 is 0 Å². The van der Waals surface area contributed by atoms with Crippen LogP contribution in [0.4, 0.5) is 0 Å². The molecule has 0 aliphatic heterocycles. The smallest absolute Gasteiger partial charge is 0.237 e. The molecule has 0 aromatic rings. The van der Waals surface area contributed by atoms with Crippen LogP contribution in [0.1, 0.15) is 58.3 Å². The fraction of sp³-hybridized carbons (Fsp3) is 0.933. The van der Waals surface area contributed by atoms with Gasteiger partial charge in [-0.05, 0) is 44.1 Å². The van der Waals surface area contributed by atoms with Crippen molar-refractivity contribution in [3.63, 3.8) is 0 Å². The Kier molecular flexibility index (Phi) is 11.7. The van der Waals surface area contributed by atoms with Gasteiger partial charge in [0.15, 0.2) is 0 Å². The highest BCUT2D eigenvalue weighted by molar-refractivity contribution is 7.98. The SMILES string of the molecule is CSCC[C@H](N)C(=O)NC(C)CCC1CCCCC1.Cl. The third-order valence-corrected chi connectivity index (χ3v) is 4.74. The maximum atomic E-state index is 11.9. The van der Waals surface area contributed by atoms with Crippen molar-refractivity contribution in [2.75, 3.05) is 12.0 Å². The molecule has 5 heteroatoms. The van der Waals surface area contributed by atoms with Crippen LogP contribution in [0, 0.1) is 5.92 Å². The summed E-state index contributed by atoms with van der Waals surface area (Å²) in [5.41, 5.74) is 5.87. The topological polar surface area (TPSA) is 55.1 Å². The number of amides is 1. The van der Waals surface area contributed by atoms with Crippen molar-refractivity contribution in [1.29, 1.82) is 0 Å². The van der Waals surface area contributed by atoms with Gasteiger partial charge in [0, 0.05) is 6.04 Å². The molecule has 1 fully saturated rings. The average Bonchev–Trinajstić information content (AvgIpc) is 2.43. The van der Waals surface area contributed by atoms with Crippen molar-refractivity contribution in [3.05, 3.63) is 0 Å². The Balaban J connectivity index is 0.00000361. The van der Waals surface area contributed by atoms with Gasteiger partial charge >= 0.3 is 0 Å². The van der Waals surface area contributed by atoms with Crippen LogP contribution in [0.15, 0.2) is 0 Å². The average molecular weight is 323 g/mol. The fourth-order valence-electron chi connectivity index (χ4n) is 2.76. The monoisotopic (exact) mass is 322 g/mol. The van der Waals surface area contributed by atoms with E-state index in [0.29, 0.717) is 0 Å². The molecule has 20 heavy (non-hydrogen) atoms. The Labute approximate surface area is 134 Å². The summed E-state index contributed by atoms with van der Waals surface area (Å²) in [5.74, 6) is 1.86. The predicted molar refractivity (Wildman–Crippen MR) is 91.6 cm³/mol. The van der Waals surface area contributed by atoms with Gasteiger partial charge < -0.3 is 11.1 Å². The highest BCUT2D eigenvalue weighted by Crippen LogP contribution is 2.27. The second-order valence-corrected chi connectivity index (χ2v) is 6.86. The summed E-state index contributed by atoms with van der Waals surface area (Å²) in [4.78, 5) is 11.9. The minimum atomic E-state index is -0.343. The van der Waals surface area contributed by atoms with E-state index in [1.807, 2.05) is 6.26 Å². The molecule has 3 nitrogen and oxygen atoms in total. The van der Waals surface area contributed by atoms with Crippen LogP contribution < -0.4 is 11.1 Å². The molecule has 0 spiro atoms. The molecule has 0 saturated heterocycles. The zero-order chi connectivity index (χ0) is 14.1. The first kappa shape index (κ1) is 20.1. The maximum Gasteiger partial charge on any atom is 0.237 e. The number of hydrogen-bond donors (Lipinski definition) is 2. The third kappa shape index (κ3) is 8.38. The van der Waals surface area contributed by atoms with Gasteiger partial charge in [-0.25, -0.2) is 0 Å². The minimum Gasteiger partial charge on any atom is -0.352 e. The third-order valence-electron chi connectivity index (χ3n) is 4.09. The Morgan fingerprint density at radius 2 is 1.95 bits per heavy atom. The molecule has 1 saturated carbocycles. The molecule has 0 heterocycles. The zero-order valence-corrected chi connectivity index (χ0v) is 14.5. The molecule has 1 unspecified atom stereocenters. The molecular weight excluding hydrogens is 292 g/mol. The van der Waals surface area contributed by atoms with Crippen LogP contribution in [-0.4, -0.2) is 30.0 Å². The largest absolute Gasteiger partial charge is 0.352 e. The summed E-state index contributed by atoms with van der Waals surface area (Å²) < 4.78 is 0. The summed E-state index contributed by atoms with van der Waals surface area (Å²) in [6, 6.07) is -0.0839. The lowest BCUT2D eigenvalue weighted by molar-refractivity contribution is -0.123. The van der Waals surface area contributed by atoms with E-state index in [2.05, 4.69) is 12.2 Å².